The molecule has 4 N–H and O–H groups in total. The molecular weight excluding hydrogens is 276 g/mol. The van der Waals surface area contributed by atoms with Crippen molar-refractivity contribution in [3.63, 3.8) is 0 Å². The topological polar surface area (TPSA) is 79.5 Å². The van der Waals surface area contributed by atoms with E-state index < -0.39 is 0 Å². The summed E-state index contributed by atoms with van der Waals surface area (Å²) in [5.41, 5.74) is 8.61. The highest BCUT2D eigenvalue weighted by Crippen LogP contribution is 2.24. The first-order valence-electron chi connectivity index (χ1n) is 7.90. The number of amidine groups is 1. The van der Waals surface area contributed by atoms with Crippen LogP contribution >= 0.6 is 0 Å². The first-order chi connectivity index (χ1) is 10.7. The molecule has 1 fully saturated rings. The Morgan fingerprint density at radius 1 is 1.23 bits per heavy atom. The Labute approximate surface area is 130 Å². The molecule has 1 aromatic carbocycles. The molecule has 0 aromatic heterocycles. The lowest BCUT2D eigenvalue weighted by atomic mass is 9.96. The molecule has 0 radical (unpaired) electrons. The number of carbonyl (C=O) groups is 1. The molecule has 3 rings (SSSR count). The zero-order valence-corrected chi connectivity index (χ0v) is 12.6. The first kappa shape index (κ1) is 14.6. The van der Waals surface area contributed by atoms with Crippen molar-refractivity contribution in [3.8, 4) is 0 Å². The molecule has 1 saturated carbocycles. The van der Waals surface area contributed by atoms with E-state index in [1.54, 1.807) is 6.20 Å². The van der Waals surface area contributed by atoms with Crippen LogP contribution in [0.1, 0.15) is 44.1 Å². The summed E-state index contributed by atoms with van der Waals surface area (Å²) in [5.74, 6) is 0.628. The summed E-state index contributed by atoms with van der Waals surface area (Å²) in [5, 5.41) is 5.97. The van der Waals surface area contributed by atoms with Gasteiger partial charge in [0.15, 0.2) is 0 Å². The number of amides is 2. The van der Waals surface area contributed by atoms with Crippen LogP contribution in [0.2, 0.25) is 0 Å². The number of aliphatic imine (C=N–C) groups is 1. The summed E-state index contributed by atoms with van der Waals surface area (Å²) < 4.78 is 0. The summed E-state index contributed by atoms with van der Waals surface area (Å²) in [4.78, 5) is 16.2. The van der Waals surface area contributed by atoms with Crippen molar-refractivity contribution in [2.24, 2.45) is 10.7 Å². The van der Waals surface area contributed by atoms with Gasteiger partial charge in [-0.05, 0) is 36.1 Å². The van der Waals surface area contributed by atoms with E-state index in [1.165, 1.54) is 19.3 Å². The number of nitrogens with two attached hydrogens (primary N) is 1. The Morgan fingerprint density at radius 2 is 2.05 bits per heavy atom. The van der Waals surface area contributed by atoms with Gasteiger partial charge in [-0.3, -0.25) is 0 Å². The third-order valence-corrected chi connectivity index (χ3v) is 4.19. The summed E-state index contributed by atoms with van der Waals surface area (Å²) in [7, 11) is 0. The van der Waals surface area contributed by atoms with Gasteiger partial charge in [-0.15, -0.1) is 0 Å². The van der Waals surface area contributed by atoms with Crippen LogP contribution in [0.5, 0.6) is 0 Å². The second kappa shape index (κ2) is 6.64. The molecule has 0 bridgehead atoms. The minimum atomic E-state index is -0.125. The van der Waals surface area contributed by atoms with Crippen LogP contribution in [0.25, 0.3) is 5.57 Å². The fourth-order valence-corrected chi connectivity index (χ4v) is 3.02. The number of benzene rings is 1. The number of rotatable bonds is 3. The smallest absolute Gasteiger partial charge is 0.319 e. The third kappa shape index (κ3) is 3.67. The molecule has 5 nitrogen and oxygen atoms in total. The van der Waals surface area contributed by atoms with E-state index in [9.17, 15) is 4.79 Å². The van der Waals surface area contributed by atoms with Gasteiger partial charge in [0.25, 0.3) is 0 Å². The summed E-state index contributed by atoms with van der Waals surface area (Å²) in [6.07, 6.45) is 8.30. The second-order valence-electron chi connectivity index (χ2n) is 5.97. The largest absolute Gasteiger partial charge is 0.387 e. The molecule has 5 heteroatoms. The number of urea groups is 1. The van der Waals surface area contributed by atoms with Crippen molar-refractivity contribution in [3.05, 3.63) is 36.0 Å². The average Bonchev–Trinajstić information content (AvgIpc) is 2.95. The number of nitrogens with one attached hydrogen (secondary N) is 2. The molecule has 2 amide bonds. The van der Waals surface area contributed by atoms with Gasteiger partial charge in [0.2, 0.25) is 0 Å². The summed E-state index contributed by atoms with van der Waals surface area (Å²) in [6, 6.07) is 7.97. The van der Waals surface area contributed by atoms with E-state index in [0.717, 1.165) is 29.7 Å². The van der Waals surface area contributed by atoms with Crippen LogP contribution in [0.3, 0.4) is 0 Å². The van der Waals surface area contributed by atoms with Crippen molar-refractivity contribution in [2.45, 2.75) is 44.6 Å². The van der Waals surface area contributed by atoms with Crippen LogP contribution in [-0.2, 0) is 0 Å². The third-order valence-electron chi connectivity index (χ3n) is 4.19. The highest BCUT2D eigenvalue weighted by molar-refractivity contribution is 5.96. The standard InChI is InChI=1S/C17H22N4O/c18-16-10-13(11-19-16)12-5-4-8-15(9-12)21-17(22)20-14-6-2-1-3-7-14/h4-5,8-9,11,14H,1-3,6-7,10H2,(H2,18,19)(H2,20,21,22). The van der Waals surface area contributed by atoms with E-state index >= 15 is 0 Å². The minimum Gasteiger partial charge on any atom is -0.387 e. The van der Waals surface area contributed by atoms with Gasteiger partial charge in [-0.2, -0.15) is 0 Å². The number of hydrogen-bond acceptors (Lipinski definition) is 3. The monoisotopic (exact) mass is 298 g/mol. The van der Waals surface area contributed by atoms with Crippen LogP contribution in [0, 0.1) is 0 Å². The fraction of sp³-hybridized carbons (Fsp3) is 0.412. The lowest BCUT2D eigenvalue weighted by Crippen LogP contribution is -2.39. The van der Waals surface area contributed by atoms with Crippen molar-refractivity contribution in [1.82, 2.24) is 5.32 Å². The molecule has 0 unspecified atom stereocenters. The van der Waals surface area contributed by atoms with Gasteiger partial charge in [-0.1, -0.05) is 31.4 Å². The molecule has 0 spiro atoms. The molecule has 0 atom stereocenters. The average molecular weight is 298 g/mol. The van der Waals surface area contributed by atoms with Crippen LogP contribution in [0.4, 0.5) is 10.5 Å². The second-order valence-corrected chi connectivity index (χ2v) is 5.97. The van der Waals surface area contributed by atoms with E-state index in [1.807, 2.05) is 24.3 Å². The molecule has 1 aliphatic heterocycles. The molecule has 116 valence electrons. The molecule has 1 aromatic rings. The zero-order chi connectivity index (χ0) is 15.4. The normalized spacial score (nSPS) is 18.5. The Bertz CT molecular complexity index is 615. The van der Waals surface area contributed by atoms with E-state index in [-0.39, 0.29) is 6.03 Å². The number of carbonyl (C=O) groups excluding carboxylic acids is 1. The van der Waals surface area contributed by atoms with Crippen LogP contribution < -0.4 is 16.4 Å². The Hall–Kier alpha value is -2.30. The van der Waals surface area contributed by atoms with Crippen LogP contribution in [0.15, 0.2) is 35.5 Å². The van der Waals surface area contributed by atoms with Gasteiger partial charge >= 0.3 is 6.03 Å². The highest BCUT2D eigenvalue weighted by atomic mass is 16.2. The Morgan fingerprint density at radius 3 is 2.77 bits per heavy atom. The predicted molar refractivity (Wildman–Crippen MR) is 89.7 cm³/mol. The molecule has 1 heterocycles. The van der Waals surface area contributed by atoms with Gasteiger partial charge < -0.3 is 16.4 Å². The number of nitrogens with zero attached hydrogens (tertiary/aromatic N) is 1. The van der Waals surface area contributed by atoms with E-state index in [4.69, 9.17) is 5.73 Å². The fourth-order valence-electron chi connectivity index (χ4n) is 3.02. The molecular formula is C17H22N4O. The van der Waals surface area contributed by atoms with Crippen molar-refractivity contribution in [2.75, 3.05) is 5.32 Å². The van der Waals surface area contributed by atoms with E-state index in [0.29, 0.717) is 18.3 Å². The maximum absolute atomic E-state index is 12.1. The molecule has 2 aliphatic rings. The van der Waals surface area contributed by atoms with Crippen LogP contribution in [-0.4, -0.2) is 17.9 Å². The van der Waals surface area contributed by atoms with Gasteiger partial charge in [-0.25, -0.2) is 9.79 Å². The Balaban J connectivity index is 1.59. The number of anilines is 1. The molecule has 1 aliphatic carbocycles. The SMILES string of the molecule is NC1=NC=C(c2cccc(NC(=O)NC3CCCCC3)c2)C1. The number of hydrogen-bond donors (Lipinski definition) is 3. The minimum absolute atomic E-state index is 0.125. The highest BCUT2D eigenvalue weighted by Gasteiger charge is 2.16. The summed E-state index contributed by atoms with van der Waals surface area (Å²) in [6.45, 7) is 0. The maximum Gasteiger partial charge on any atom is 0.319 e. The molecule has 0 saturated heterocycles. The van der Waals surface area contributed by atoms with E-state index in [2.05, 4.69) is 15.6 Å². The van der Waals surface area contributed by atoms with Gasteiger partial charge in [0.05, 0.1) is 0 Å². The summed E-state index contributed by atoms with van der Waals surface area (Å²) >= 11 is 0. The maximum atomic E-state index is 12.1. The lowest BCUT2D eigenvalue weighted by molar-refractivity contribution is 0.244. The van der Waals surface area contributed by atoms with Gasteiger partial charge in [0.1, 0.15) is 5.84 Å². The van der Waals surface area contributed by atoms with Crippen molar-refractivity contribution < 1.29 is 4.79 Å². The lowest BCUT2D eigenvalue weighted by Gasteiger charge is -2.22. The van der Waals surface area contributed by atoms with Crippen molar-refractivity contribution >= 4 is 23.1 Å². The van der Waals surface area contributed by atoms with Crippen molar-refractivity contribution in [1.29, 1.82) is 0 Å². The predicted octanol–water partition coefficient (Wildman–Crippen LogP) is 3.24. The zero-order valence-electron chi connectivity index (χ0n) is 12.6. The van der Waals surface area contributed by atoms with Gasteiger partial charge in [0, 0.05) is 24.4 Å². The Kier molecular flexibility index (Phi) is 4.42. The quantitative estimate of drug-likeness (QED) is 0.801. The first-order valence-corrected chi connectivity index (χ1v) is 7.90. The molecule has 22 heavy (non-hydrogen) atoms.